The maximum atomic E-state index is 13.7. The molecule has 0 aromatic rings. The molecule has 794 valence electrons. The molecule has 8 heterocycles. The Bertz CT molecular complexity index is 3310. The molecule has 8 fully saturated rings. The summed E-state index contributed by atoms with van der Waals surface area (Å²) in [5.41, 5.74) is 0. The van der Waals surface area contributed by atoms with Crippen LogP contribution in [0.3, 0.4) is 0 Å². The molecule has 42 atom stereocenters. The predicted octanol–water partition coefficient (Wildman–Crippen LogP) is -3.16. The van der Waals surface area contributed by atoms with Crippen molar-refractivity contribution in [2.45, 2.75) is 505 Å². The molecule has 8 aliphatic rings. The Morgan fingerprint density at radius 3 is 1.05 bits per heavy atom. The summed E-state index contributed by atoms with van der Waals surface area (Å²) < 4.78 is 97.0. The van der Waals surface area contributed by atoms with Gasteiger partial charge in [-0.15, -0.1) is 0 Å². The van der Waals surface area contributed by atoms with Crippen LogP contribution in [-0.4, -0.2) is 434 Å². The van der Waals surface area contributed by atoms with Crippen LogP contribution in [0, 0.1) is 0 Å². The van der Waals surface area contributed by atoms with Crippen LogP contribution in [0.25, 0.3) is 0 Å². The second-order valence-corrected chi connectivity index (χ2v) is 37.7. The molecule has 136 heavy (non-hydrogen) atoms. The second kappa shape index (κ2) is 61.2. The van der Waals surface area contributed by atoms with Gasteiger partial charge in [0.1, 0.15) is 183 Å². The Morgan fingerprint density at radius 1 is 0.301 bits per heavy atom. The highest BCUT2D eigenvalue weighted by atomic mass is 16.8. The number of rotatable bonds is 60. The first-order valence-corrected chi connectivity index (χ1v) is 49.7. The van der Waals surface area contributed by atoms with E-state index in [0.29, 0.717) is 12.8 Å². The number of nitrogens with one attached hydrogen (secondary N) is 3. The quantitative estimate of drug-likeness (QED) is 0.0211. The van der Waals surface area contributed by atoms with Crippen LogP contribution in [0.15, 0.2) is 12.2 Å². The molecular weight excluding hydrogens is 1800 g/mol. The van der Waals surface area contributed by atoms with Crippen molar-refractivity contribution in [2.24, 2.45) is 0 Å². The average molecular weight is 1970 g/mol. The Balaban J connectivity index is 0.973. The third-order valence-corrected chi connectivity index (χ3v) is 26.9. The third kappa shape index (κ3) is 34.1. The molecule has 0 saturated carbocycles. The van der Waals surface area contributed by atoms with E-state index >= 15 is 0 Å². The average Bonchev–Trinajstić information content (AvgIpc) is 0.756. The fraction of sp³-hybridized carbons (Fsp3) is 0.946. The molecule has 0 aromatic heterocycles. The van der Waals surface area contributed by atoms with E-state index in [1.807, 2.05) is 6.08 Å². The lowest BCUT2D eigenvalue weighted by atomic mass is 9.93. The highest BCUT2D eigenvalue weighted by molar-refractivity contribution is 5.76. The number of ether oxygens (including phenoxy) is 16. The minimum atomic E-state index is -2.46. The van der Waals surface area contributed by atoms with Gasteiger partial charge in [-0.3, -0.25) is 14.4 Å². The molecule has 0 aromatic carbocycles. The van der Waals surface area contributed by atoms with E-state index in [2.05, 4.69) is 29.8 Å². The third-order valence-electron chi connectivity index (χ3n) is 26.9. The van der Waals surface area contributed by atoms with Crippen molar-refractivity contribution in [2.75, 3.05) is 46.2 Å². The summed E-state index contributed by atoms with van der Waals surface area (Å²) in [6, 6.07) is -5.09. The SMILES string of the molecule is CCCCCCCCCCCCC/C=C/[C@@H](O)[C@H](CO[C@@H]1OC(CO)[C@@H](O[C@@H]2OC(CO)[C@H](O)[C@H](O[C@@H]3OC(CO)[C@@H](O[C@H]4OC(C)[C@@H](O)C(O)[C@@H]4O)[C@H](O[C@@H]4OC(CO)[C@H](O)[C@H](O[C@@H]5OC(CO)[C@@H](O[C@@H]6OC(CO)[C@H](O)[C@H](O)C6O[C@H]6OC(C)[C@@H](O)C(O)[C@@H]6O)[C@H](O)C5NC(C)=O)C4O)C3NC(C)=O)C2O)[C@H](O)C1O)NC(=O)CCCCCCCCCCCCCCCCCCCCC. The molecule has 8 aliphatic heterocycles. The summed E-state index contributed by atoms with van der Waals surface area (Å²) in [6.07, 6.45) is -37.6. The van der Waals surface area contributed by atoms with Crippen molar-refractivity contribution in [1.29, 1.82) is 0 Å². The molecule has 8 rings (SSSR count). The maximum absolute atomic E-state index is 13.7. The largest absolute Gasteiger partial charge is 0.394 e. The number of carbonyl (C=O) groups excluding carboxylic acids is 3. The minimum Gasteiger partial charge on any atom is -0.394 e. The van der Waals surface area contributed by atoms with Gasteiger partial charge in [0.15, 0.2) is 50.3 Å². The first-order chi connectivity index (χ1) is 65.2. The van der Waals surface area contributed by atoms with Crippen molar-refractivity contribution >= 4 is 17.7 Å². The monoisotopic (exact) mass is 1970 g/mol. The van der Waals surface area contributed by atoms with E-state index in [0.717, 1.165) is 71.6 Å². The zero-order valence-electron chi connectivity index (χ0n) is 79.6. The number of carbonyl (C=O) groups is 3. The van der Waals surface area contributed by atoms with Gasteiger partial charge >= 0.3 is 0 Å². The van der Waals surface area contributed by atoms with Gasteiger partial charge < -0.3 is 204 Å². The fourth-order valence-corrected chi connectivity index (χ4v) is 18.6. The minimum absolute atomic E-state index is 0.141. The first-order valence-electron chi connectivity index (χ1n) is 49.7. The topological polar surface area (TPSA) is 680 Å². The fourth-order valence-electron chi connectivity index (χ4n) is 18.6. The number of amides is 3. The number of hydrogen-bond donors (Lipinski definition) is 25. The van der Waals surface area contributed by atoms with Gasteiger partial charge in [0.05, 0.1) is 70.6 Å². The van der Waals surface area contributed by atoms with Gasteiger partial charge in [0.2, 0.25) is 17.7 Å². The Labute approximate surface area is 796 Å². The molecule has 8 saturated heterocycles. The van der Waals surface area contributed by atoms with Crippen molar-refractivity contribution in [3.05, 3.63) is 12.2 Å². The van der Waals surface area contributed by atoms with Gasteiger partial charge in [-0.25, -0.2) is 0 Å². The molecule has 0 bridgehead atoms. The number of unbranched alkanes of at least 4 members (excludes halogenated alkanes) is 29. The van der Waals surface area contributed by atoms with Crippen LogP contribution in [0.1, 0.15) is 247 Å². The van der Waals surface area contributed by atoms with Crippen LogP contribution >= 0.6 is 0 Å². The van der Waals surface area contributed by atoms with Crippen LogP contribution < -0.4 is 16.0 Å². The van der Waals surface area contributed by atoms with E-state index in [1.54, 1.807) is 6.08 Å². The van der Waals surface area contributed by atoms with Crippen molar-refractivity contribution < 1.29 is 203 Å². The Hall–Kier alpha value is -3.37. The Kier molecular flexibility index (Phi) is 53.0. The molecule has 0 aliphatic carbocycles. The summed E-state index contributed by atoms with van der Waals surface area (Å²) in [6.45, 7) is 1.86. The Morgan fingerprint density at radius 2 is 0.618 bits per heavy atom. The summed E-state index contributed by atoms with van der Waals surface area (Å²) in [4.78, 5) is 40.6. The lowest BCUT2D eigenvalue weighted by Crippen LogP contribution is -2.72. The smallest absolute Gasteiger partial charge is 0.220 e. The van der Waals surface area contributed by atoms with E-state index in [9.17, 15) is 127 Å². The van der Waals surface area contributed by atoms with Gasteiger partial charge in [-0.2, -0.15) is 0 Å². The van der Waals surface area contributed by atoms with Gasteiger partial charge in [0.25, 0.3) is 0 Å². The summed E-state index contributed by atoms with van der Waals surface area (Å²) in [7, 11) is 0. The van der Waals surface area contributed by atoms with Crippen LogP contribution in [0.2, 0.25) is 0 Å². The van der Waals surface area contributed by atoms with Gasteiger partial charge in [-0.05, 0) is 33.1 Å². The van der Waals surface area contributed by atoms with Crippen LogP contribution in [0.4, 0.5) is 0 Å². The zero-order valence-corrected chi connectivity index (χ0v) is 79.6. The van der Waals surface area contributed by atoms with E-state index < -0.39 is 316 Å². The van der Waals surface area contributed by atoms with E-state index in [4.69, 9.17) is 75.8 Å². The second-order valence-electron chi connectivity index (χ2n) is 37.7. The maximum Gasteiger partial charge on any atom is 0.220 e. The van der Waals surface area contributed by atoms with E-state index in [1.165, 1.54) is 142 Å². The van der Waals surface area contributed by atoms with Crippen molar-refractivity contribution in [1.82, 2.24) is 16.0 Å². The summed E-state index contributed by atoms with van der Waals surface area (Å²) >= 11 is 0. The highest BCUT2D eigenvalue weighted by Gasteiger charge is 2.61. The molecule has 44 nitrogen and oxygen atoms in total. The van der Waals surface area contributed by atoms with Crippen LogP contribution in [-0.2, 0) is 90.2 Å². The normalized spacial score (nSPS) is 39.6. The lowest BCUT2D eigenvalue weighted by Gasteiger charge is -2.52. The molecule has 44 heteroatoms. The van der Waals surface area contributed by atoms with Crippen molar-refractivity contribution in [3.8, 4) is 0 Å². The summed E-state index contributed by atoms with van der Waals surface area (Å²) in [5, 5.41) is 258. The number of aliphatic hydroxyl groups is 22. The van der Waals surface area contributed by atoms with Crippen molar-refractivity contribution in [3.63, 3.8) is 0 Å². The molecule has 25 N–H and O–H groups in total. The number of aliphatic hydroxyl groups excluding tert-OH is 22. The predicted molar refractivity (Wildman–Crippen MR) is 475 cm³/mol. The molecule has 0 radical (unpaired) electrons. The van der Waals surface area contributed by atoms with Crippen LogP contribution in [0.5, 0.6) is 0 Å². The molecular formula is C92H165N3O41. The standard InChI is InChI=1S/C92H165N3O41/c1-7-9-11-13-15-17-19-21-22-23-24-25-26-28-30-32-34-36-38-40-60(105)95-52(53(104)39-37-35-33-31-29-27-20-18-16-14-12-10-8-2)47-121-87-75(118)72(115)79(58(45-100)129-87)130-90-76(119)83(67(110)55(42-97)124-90)135-86-62(94-51(6)103)81(80(59(46-101)128-86)132-88-73(116)69(112)63(106)48(3)122-88)133-91-77(120)82(66(109)56(43-98)125-91)134-85-61(93-50(5)102)68(111)78(57(44-99)127-85)131-92-84(71(114)65(108)54(41-96)126-92)136-89-74(117)70(113)64(107)49(4)123-89/h37,39,48-49,52-59,61-92,96-101,104,106-120H,7-36,38,40-47H2,1-6H3,(H,93,102)(H,94,103)(H,95,105)/b39-37+/t48?,49?,52-,53+,54?,55?,56?,57?,58?,59?,61?,62?,63+,64+,65-,66-,67-,68+,69?,70?,71-,72+,73-,74-,75?,76?,77?,78+,79+,80+,81+,82-,83-,84?,85-,86-,87+,88+,89+,90-,91-,92-/m0/s1. The van der Waals surface area contributed by atoms with Gasteiger partial charge in [-0.1, -0.05) is 206 Å². The highest BCUT2D eigenvalue weighted by Crippen LogP contribution is 2.41. The lowest BCUT2D eigenvalue weighted by molar-refractivity contribution is -0.398. The summed E-state index contributed by atoms with van der Waals surface area (Å²) in [5.74, 6) is -2.29. The van der Waals surface area contributed by atoms with E-state index in [-0.39, 0.29) is 12.3 Å². The molecule has 0 spiro atoms. The van der Waals surface area contributed by atoms with Gasteiger partial charge in [0, 0.05) is 20.3 Å². The molecule has 3 amide bonds. The molecule has 16 unspecified atom stereocenters. The number of allylic oxidation sites excluding steroid dienone is 1. The zero-order chi connectivity index (χ0) is 99.4. The number of hydrogen-bond acceptors (Lipinski definition) is 41. The first kappa shape index (κ1) is 118.